The van der Waals surface area contributed by atoms with Gasteiger partial charge < -0.3 is 10.7 Å². The predicted molar refractivity (Wildman–Crippen MR) is 68.4 cm³/mol. The van der Waals surface area contributed by atoms with E-state index in [2.05, 4.69) is 15.0 Å². The van der Waals surface area contributed by atoms with Crippen molar-refractivity contribution >= 4 is 5.52 Å². The highest BCUT2D eigenvalue weighted by atomic mass is 16.1. The molecule has 1 aliphatic rings. The van der Waals surface area contributed by atoms with Crippen molar-refractivity contribution in [2.75, 3.05) is 13.6 Å². The van der Waals surface area contributed by atoms with Crippen LogP contribution in [0.15, 0.2) is 23.1 Å². The van der Waals surface area contributed by atoms with Crippen LogP contribution in [0.1, 0.15) is 24.6 Å². The van der Waals surface area contributed by atoms with E-state index in [1.165, 1.54) is 4.52 Å². The Bertz CT molecular complexity index is 616. The third-order valence-electron chi connectivity index (χ3n) is 3.64. The molecular weight excluding hydrogens is 230 g/mol. The van der Waals surface area contributed by atoms with Crippen molar-refractivity contribution < 1.29 is 0 Å². The van der Waals surface area contributed by atoms with Gasteiger partial charge in [0.15, 0.2) is 0 Å². The highest BCUT2D eigenvalue weighted by Crippen LogP contribution is 2.27. The molecule has 0 radical (unpaired) electrons. The second-order valence-corrected chi connectivity index (χ2v) is 4.99. The van der Waals surface area contributed by atoms with Gasteiger partial charge in [0.2, 0.25) is 0 Å². The summed E-state index contributed by atoms with van der Waals surface area (Å²) < 4.78 is 1.37. The number of H-pyrrole nitrogens is 1. The van der Waals surface area contributed by atoms with Crippen molar-refractivity contribution in [2.45, 2.75) is 24.9 Å². The van der Waals surface area contributed by atoms with E-state index in [0.717, 1.165) is 30.6 Å². The van der Waals surface area contributed by atoms with E-state index < -0.39 is 0 Å². The molecule has 3 N–H and O–H groups in total. The molecule has 1 saturated heterocycles. The summed E-state index contributed by atoms with van der Waals surface area (Å²) in [5.41, 5.74) is 7.53. The highest BCUT2D eigenvalue weighted by Gasteiger charge is 2.25. The van der Waals surface area contributed by atoms with E-state index in [1.54, 1.807) is 6.20 Å². The maximum Gasteiger partial charge on any atom is 0.346 e. The van der Waals surface area contributed by atoms with Gasteiger partial charge in [-0.3, -0.25) is 4.90 Å². The Hall–Kier alpha value is -1.66. The minimum atomic E-state index is -0.184. The minimum absolute atomic E-state index is 0.184. The second-order valence-electron chi connectivity index (χ2n) is 4.99. The molecule has 6 heteroatoms. The molecule has 2 unspecified atom stereocenters. The first kappa shape index (κ1) is 11.4. The molecule has 6 nitrogen and oxygen atoms in total. The van der Waals surface area contributed by atoms with Gasteiger partial charge in [-0.2, -0.15) is 9.61 Å². The Morgan fingerprint density at radius 3 is 3.11 bits per heavy atom. The maximum absolute atomic E-state index is 11.9. The van der Waals surface area contributed by atoms with Gasteiger partial charge in [0, 0.05) is 24.3 Å². The Morgan fingerprint density at radius 1 is 1.50 bits per heavy atom. The van der Waals surface area contributed by atoms with Crippen LogP contribution in [-0.4, -0.2) is 39.1 Å². The van der Waals surface area contributed by atoms with E-state index in [-0.39, 0.29) is 17.8 Å². The number of nitrogens with one attached hydrogen (secondary N) is 1. The summed E-state index contributed by atoms with van der Waals surface area (Å²) in [6.45, 7) is 0.858. The molecule has 96 valence electrons. The fourth-order valence-electron chi connectivity index (χ4n) is 2.72. The number of rotatable bonds is 1. The average Bonchev–Trinajstić information content (AvgIpc) is 2.77. The van der Waals surface area contributed by atoms with Gasteiger partial charge >= 0.3 is 5.69 Å². The SMILES string of the molecule is CN1CC(N)CCC1c1cc2ccnn2c(=O)[nH]1. The number of likely N-dealkylation sites (N-methyl/N-ethyl adjacent to an activating group) is 1. The molecule has 0 aliphatic carbocycles. The summed E-state index contributed by atoms with van der Waals surface area (Å²) in [5, 5.41) is 3.97. The number of aromatic nitrogens is 3. The molecule has 0 spiro atoms. The molecule has 1 aliphatic heterocycles. The van der Waals surface area contributed by atoms with Crippen LogP contribution in [0.25, 0.3) is 5.52 Å². The van der Waals surface area contributed by atoms with E-state index in [1.807, 2.05) is 19.2 Å². The minimum Gasteiger partial charge on any atom is -0.327 e. The van der Waals surface area contributed by atoms with Gasteiger partial charge in [0.25, 0.3) is 0 Å². The van der Waals surface area contributed by atoms with Crippen molar-refractivity contribution in [3.63, 3.8) is 0 Å². The Labute approximate surface area is 104 Å². The molecule has 2 atom stereocenters. The van der Waals surface area contributed by atoms with Crippen molar-refractivity contribution in [1.82, 2.24) is 19.5 Å². The molecular formula is C12H17N5O. The zero-order valence-corrected chi connectivity index (χ0v) is 10.3. The topological polar surface area (TPSA) is 79.4 Å². The van der Waals surface area contributed by atoms with Gasteiger partial charge in [-0.1, -0.05) is 0 Å². The lowest BCUT2D eigenvalue weighted by atomic mass is 9.97. The first-order valence-corrected chi connectivity index (χ1v) is 6.18. The quantitative estimate of drug-likeness (QED) is 0.750. The lowest BCUT2D eigenvalue weighted by Gasteiger charge is -2.35. The summed E-state index contributed by atoms with van der Waals surface area (Å²) in [7, 11) is 2.04. The van der Waals surface area contributed by atoms with Crippen LogP contribution in [0, 0.1) is 0 Å². The number of fused-ring (bicyclic) bond motifs is 1. The van der Waals surface area contributed by atoms with Crippen LogP contribution in [0.5, 0.6) is 0 Å². The Balaban J connectivity index is 2.01. The molecule has 3 rings (SSSR count). The number of nitrogens with zero attached hydrogens (tertiary/aromatic N) is 3. The van der Waals surface area contributed by atoms with E-state index >= 15 is 0 Å². The van der Waals surface area contributed by atoms with Crippen molar-refractivity contribution in [3.8, 4) is 0 Å². The standard InChI is InChI=1S/C12H17N5O/c1-16-7-8(13)2-3-11(16)10-6-9-4-5-14-17(9)12(18)15-10/h4-6,8,11H,2-3,7,13H2,1H3,(H,15,18). The van der Waals surface area contributed by atoms with Gasteiger partial charge in [0.1, 0.15) is 0 Å². The first-order valence-electron chi connectivity index (χ1n) is 6.18. The van der Waals surface area contributed by atoms with Crippen molar-refractivity contribution in [2.24, 2.45) is 5.73 Å². The van der Waals surface area contributed by atoms with Crippen molar-refractivity contribution in [1.29, 1.82) is 0 Å². The molecule has 0 aromatic carbocycles. The van der Waals surface area contributed by atoms with E-state index in [0.29, 0.717) is 0 Å². The highest BCUT2D eigenvalue weighted by molar-refractivity contribution is 5.46. The normalized spacial score (nSPS) is 25.7. The largest absolute Gasteiger partial charge is 0.346 e. The third kappa shape index (κ3) is 1.83. The molecule has 0 saturated carbocycles. The number of likely N-dealkylation sites (tertiary alicyclic amines) is 1. The van der Waals surface area contributed by atoms with Crippen LogP contribution in [0.4, 0.5) is 0 Å². The monoisotopic (exact) mass is 247 g/mol. The summed E-state index contributed by atoms with van der Waals surface area (Å²) in [6.07, 6.45) is 3.59. The number of nitrogens with two attached hydrogens (primary N) is 1. The molecule has 18 heavy (non-hydrogen) atoms. The van der Waals surface area contributed by atoms with Gasteiger partial charge in [-0.15, -0.1) is 0 Å². The molecule has 1 fully saturated rings. The second kappa shape index (κ2) is 4.22. The van der Waals surface area contributed by atoms with Crippen LogP contribution in [0.2, 0.25) is 0 Å². The first-order chi connectivity index (χ1) is 8.65. The number of piperidine rings is 1. The van der Waals surface area contributed by atoms with Crippen LogP contribution in [-0.2, 0) is 0 Å². The number of hydrogen-bond acceptors (Lipinski definition) is 4. The fourth-order valence-corrected chi connectivity index (χ4v) is 2.72. The molecule has 3 heterocycles. The van der Waals surface area contributed by atoms with Crippen LogP contribution >= 0.6 is 0 Å². The number of aromatic amines is 1. The Morgan fingerprint density at radius 2 is 2.33 bits per heavy atom. The smallest absolute Gasteiger partial charge is 0.327 e. The maximum atomic E-state index is 11.9. The fraction of sp³-hybridized carbons (Fsp3) is 0.500. The zero-order chi connectivity index (χ0) is 12.7. The summed E-state index contributed by atoms with van der Waals surface area (Å²) >= 11 is 0. The van der Waals surface area contributed by atoms with Crippen LogP contribution < -0.4 is 11.4 Å². The number of hydrogen-bond donors (Lipinski definition) is 2. The zero-order valence-electron chi connectivity index (χ0n) is 10.3. The van der Waals surface area contributed by atoms with Crippen molar-refractivity contribution in [3.05, 3.63) is 34.5 Å². The lowest BCUT2D eigenvalue weighted by Crippen LogP contribution is -2.43. The van der Waals surface area contributed by atoms with E-state index in [4.69, 9.17) is 5.73 Å². The summed E-state index contributed by atoms with van der Waals surface area (Å²) in [6, 6.07) is 4.30. The Kier molecular flexibility index (Phi) is 2.68. The summed E-state index contributed by atoms with van der Waals surface area (Å²) in [4.78, 5) is 17.0. The van der Waals surface area contributed by atoms with E-state index in [9.17, 15) is 4.79 Å². The third-order valence-corrected chi connectivity index (χ3v) is 3.64. The molecule has 0 amide bonds. The average molecular weight is 247 g/mol. The predicted octanol–water partition coefficient (Wildman–Crippen LogP) is 0.117. The van der Waals surface area contributed by atoms with Gasteiger partial charge in [0.05, 0.1) is 11.7 Å². The molecule has 2 aromatic heterocycles. The molecule has 0 bridgehead atoms. The lowest BCUT2D eigenvalue weighted by molar-refractivity contribution is 0.166. The van der Waals surface area contributed by atoms with Gasteiger partial charge in [-0.05, 0) is 32.0 Å². The summed E-state index contributed by atoms with van der Waals surface area (Å²) in [5.74, 6) is 0. The molecule has 2 aromatic rings. The van der Waals surface area contributed by atoms with Gasteiger partial charge in [-0.25, -0.2) is 4.79 Å². The van der Waals surface area contributed by atoms with Crippen LogP contribution in [0.3, 0.4) is 0 Å².